The summed E-state index contributed by atoms with van der Waals surface area (Å²) in [5, 5.41) is 3.09. The van der Waals surface area contributed by atoms with Gasteiger partial charge in [-0.15, -0.1) is 0 Å². The Labute approximate surface area is 227 Å². The predicted molar refractivity (Wildman–Crippen MR) is 166 cm³/mol. The first-order chi connectivity index (χ1) is 17.8. The second-order valence-corrected chi connectivity index (χ2v) is 10.0. The van der Waals surface area contributed by atoms with E-state index in [9.17, 15) is 0 Å². The number of unbranched alkanes of at least 4 members (excludes halogenated alkanes) is 11. The van der Waals surface area contributed by atoms with Crippen LogP contribution in [0.3, 0.4) is 0 Å². The Morgan fingerprint density at radius 2 is 1.00 bits per heavy atom. The van der Waals surface area contributed by atoms with Crippen LogP contribution in [0, 0.1) is 5.92 Å². The lowest BCUT2D eigenvalue weighted by Crippen LogP contribution is -1.96. The van der Waals surface area contributed by atoms with Crippen molar-refractivity contribution in [2.24, 2.45) is 5.92 Å². The van der Waals surface area contributed by atoms with Crippen LogP contribution < -0.4 is 5.32 Å². The number of nitrogens with one attached hydrogen (secondary N) is 1. The van der Waals surface area contributed by atoms with Gasteiger partial charge in [0.15, 0.2) is 0 Å². The first-order valence-corrected chi connectivity index (χ1v) is 15.4. The van der Waals surface area contributed by atoms with Gasteiger partial charge in [-0.1, -0.05) is 113 Å². The summed E-state index contributed by atoms with van der Waals surface area (Å²) < 4.78 is 0. The van der Waals surface area contributed by atoms with Crippen LogP contribution in [0.2, 0.25) is 0 Å². The van der Waals surface area contributed by atoms with E-state index in [2.05, 4.69) is 92.2 Å². The standard InChI is InChI=1S/C35H61N/c1-4-6-8-10-12-14-16-17-18-19-21-23-25-28-32-35(33-29-26-30-34-36-3)31-27-24-22-20-15-13-11-9-7-5-2/h12,14-15,17-18,20,24,27-28,30,32,34-36H,4-11,13,16,19,21-23,25-26,29,31,33H2,1-3H3/b14-12+,18-17+,20-15+,27-24+,32-28+,34-30+. The van der Waals surface area contributed by atoms with Crippen molar-refractivity contribution in [3.05, 3.63) is 73.0 Å². The van der Waals surface area contributed by atoms with Crippen molar-refractivity contribution in [1.82, 2.24) is 5.32 Å². The van der Waals surface area contributed by atoms with E-state index >= 15 is 0 Å². The van der Waals surface area contributed by atoms with Gasteiger partial charge >= 0.3 is 0 Å². The SMILES string of the molecule is CCCCC/C=C/C/C=C/CCCC/C=C/C(C/C=C/C/C=C/CCCCCC)CCC/C=C/NC. The molecule has 0 aliphatic heterocycles. The zero-order valence-electron chi connectivity index (χ0n) is 24.4. The zero-order valence-corrected chi connectivity index (χ0v) is 24.4. The molecule has 0 heterocycles. The van der Waals surface area contributed by atoms with Crippen LogP contribution in [-0.2, 0) is 0 Å². The second kappa shape index (κ2) is 31.3. The molecule has 0 aromatic heterocycles. The molecule has 0 radical (unpaired) electrons. The fourth-order valence-electron chi connectivity index (χ4n) is 4.17. The van der Waals surface area contributed by atoms with Gasteiger partial charge < -0.3 is 5.32 Å². The average Bonchev–Trinajstić information content (AvgIpc) is 2.89. The third-order valence-electron chi connectivity index (χ3n) is 6.48. The van der Waals surface area contributed by atoms with E-state index in [1.165, 1.54) is 103 Å². The lowest BCUT2D eigenvalue weighted by atomic mass is 9.96. The molecular weight excluding hydrogens is 434 g/mol. The molecule has 0 aliphatic carbocycles. The van der Waals surface area contributed by atoms with Crippen molar-refractivity contribution >= 4 is 0 Å². The second-order valence-electron chi connectivity index (χ2n) is 10.0. The Kier molecular flexibility index (Phi) is 29.7. The van der Waals surface area contributed by atoms with Crippen LogP contribution in [0.15, 0.2) is 73.0 Å². The smallest absolute Gasteiger partial charge is 0.00276 e. The maximum absolute atomic E-state index is 3.09. The minimum Gasteiger partial charge on any atom is -0.394 e. The topological polar surface area (TPSA) is 12.0 Å². The van der Waals surface area contributed by atoms with Crippen molar-refractivity contribution in [3.8, 4) is 0 Å². The Balaban J connectivity index is 4.11. The fraction of sp³-hybridized carbons (Fsp3) is 0.657. The van der Waals surface area contributed by atoms with Gasteiger partial charge in [0.25, 0.3) is 0 Å². The summed E-state index contributed by atoms with van der Waals surface area (Å²) in [5.74, 6) is 0.672. The first kappa shape index (κ1) is 34.2. The highest BCUT2D eigenvalue weighted by Crippen LogP contribution is 2.17. The van der Waals surface area contributed by atoms with Gasteiger partial charge in [-0.05, 0) is 102 Å². The largest absolute Gasteiger partial charge is 0.394 e. The summed E-state index contributed by atoms with van der Waals surface area (Å²) in [6.07, 6.45) is 52.1. The molecule has 0 aliphatic rings. The predicted octanol–water partition coefficient (Wildman–Crippen LogP) is 11.6. The molecule has 0 aromatic rings. The van der Waals surface area contributed by atoms with Crippen molar-refractivity contribution in [2.75, 3.05) is 7.05 Å². The molecule has 0 spiro atoms. The molecule has 0 bridgehead atoms. The molecule has 0 fully saturated rings. The van der Waals surface area contributed by atoms with Gasteiger partial charge in [0.1, 0.15) is 0 Å². The summed E-state index contributed by atoms with van der Waals surface area (Å²) in [4.78, 5) is 0. The average molecular weight is 496 g/mol. The molecule has 0 amide bonds. The Morgan fingerprint density at radius 3 is 1.61 bits per heavy atom. The molecule has 36 heavy (non-hydrogen) atoms. The molecule has 1 nitrogen and oxygen atoms in total. The van der Waals surface area contributed by atoms with Crippen LogP contribution in [0.5, 0.6) is 0 Å². The molecule has 206 valence electrons. The van der Waals surface area contributed by atoms with Crippen LogP contribution in [0.25, 0.3) is 0 Å². The summed E-state index contributed by atoms with van der Waals surface area (Å²) in [6, 6.07) is 0. The summed E-state index contributed by atoms with van der Waals surface area (Å²) in [6.45, 7) is 4.54. The number of hydrogen-bond acceptors (Lipinski definition) is 1. The normalized spacial score (nSPS) is 13.6. The highest BCUT2D eigenvalue weighted by Gasteiger charge is 2.02. The van der Waals surface area contributed by atoms with Crippen LogP contribution in [0.1, 0.15) is 136 Å². The van der Waals surface area contributed by atoms with E-state index in [1.807, 2.05) is 7.05 Å². The van der Waals surface area contributed by atoms with Gasteiger partial charge in [-0.2, -0.15) is 0 Å². The van der Waals surface area contributed by atoms with E-state index in [0.29, 0.717) is 5.92 Å². The summed E-state index contributed by atoms with van der Waals surface area (Å²) in [5.41, 5.74) is 0. The van der Waals surface area contributed by atoms with Crippen LogP contribution in [0.4, 0.5) is 0 Å². The molecule has 1 unspecified atom stereocenters. The van der Waals surface area contributed by atoms with Gasteiger partial charge in [0.2, 0.25) is 0 Å². The Morgan fingerprint density at radius 1 is 0.500 bits per heavy atom. The third-order valence-corrected chi connectivity index (χ3v) is 6.48. The van der Waals surface area contributed by atoms with E-state index < -0.39 is 0 Å². The molecule has 0 rings (SSSR count). The maximum Gasteiger partial charge on any atom is 0.00276 e. The fourth-order valence-corrected chi connectivity index (χ4v) is 4.17. The van der Waals surface area contributed by atoms with Gasteiger partial charge in [0, 0.05) is 7.05 Å². The lowest BCUT2D eigenvalue weighted by Gasteiger charge is -2.09. The summed E-state index contributed by atoms with van der Waals surface area (Å²) in [7, 11) is 1.97. The van der Waals surface area contributed by atoms with E-state index in [1.54, 1.807) is 0 Å². The highest BCUT2D eigenvalue weighted by molar-refractivity contribution is 4.98. The van der Waals surface area contributed by atoms with Crippen LogP contribution >= 0.6 is 0 Å². The third kappa shape index (κ3) is 28.5. The number of hydrogen-bond donors (Lipinski definition) is 1. The van der Waals surface area contributed by atoms with E-state index in [0.717, 1.165) is 19.3 Å². The van der Waals surface area contributed by atoms with Crippen LogP contribution in [-0.4, -0.2) is 7.05 Å². The molecule has 1 heteroatoms. The molecule has 1 N–H and O–H groups in total. The molecule has 1 atom stereocenters. The quantitative estimate of drug-likeness (QED) is 0.0929. The van der Waals surface area contributed by atoms with Gasteiger partial charge in [-0.25, -0.2) is 0 Å². The zero-order chi connectivity index (χ0) is 26.2. The Bertz CT molecular complexity index is 590. The molecule has 0 saturated carbocycles. The highest BCUT2D eigenvalue weighted by atomic mass is 14.8. The first-order valence-electron chi connectivity index (χ1n) is 15.4. The van der Waals surface area contributed by atoms with E-state index in [-0.39, 0.29) is 0 Å². The Hall–Kier alpha value is -1.76. The molecule has 0 saturated heterocycles. The summed E-state index contributed by atoms with van der Waals surface area (Å²) >= 11 is 0. The molecular formula is C35H61N. The van der Waals surface area contributed by atoms with Crippen molar-refractivity contribution in [1.29, 1.82) is 0 Å². The maximum atomic E-state index is 3.09. The van der Waals surface area contributed by atoms with Crippen molar-refractivity contribution in [2.45, 2.75) is 136 Å². The van der Waals surface area contributed by atoms with Gasteiger partial charge in [-0.3, -0.25) is 0 Å². The minimum absolute atomic E-state index is 0.672. The van der Waals surface area contributed by atoms with Crippen molar-refractivity contribution < 1.29 is 0 Å². The lowest BCUT2D eigenvalue weighted by molar-refractivity contribution is 0.568. The number of rotatable bonds is 26. The monoisotopic (exact) mass is 495 g/mol. The van der Waals surface area contributed by atoms with Crippen molar-refractivity contribution in [3.63, 3.8) is 0 Å². The number of allylic oxidation sites excluding steroid dienone is 11. The van der Waals surface area contributed by atoms with Gasteiger partial charge in [0.05, 0.1) is 0 Å². The molecule has 0 aromatic carbocycles. The minimum atomic E-state index is 0.672. The van der Waals surface area contributed by atoms with E-state index in [4.69, 9.17) is 0 Å².